The minimum absolute atomic E-state index is 0.176. The van der Waals surface area contributed by atoms with Gasteiger partial charge in [0.2, 0.25) is 0 Å². The molecule has 1 nitrogen and oxygen atoms in total. The van der Waals surface area contributed by atoms with Crippen LogP contribution < -0.4 is 4.74 Å². The molecule has 0 fully saturated rings. The molecular weight excluding hydrogens is 348 g/mol. The van der Waals surface area contributed by atoms with E-state index in [1.807, 2.05) is 18.2 Å². The SMILES string of the molecule is CC(C)(C)c1ccc(COc2cccc(Cl)c2CBr)cc1. The van der Waals surface area contributed by atoms with E-state index in [2.05, 4.69) is 61.0 Å². The van der Waals surface area contributed by atoms with Gasteiger partial charge in [-0.3, -0.25) is 0 Å². The lowest BCUT2D eigenvalue weighted by molar-refractivity contribution is 0.304. The van der Waals surface area contributed by atoms with E-state index in [4.69, 9.17) is 16.3 Å². The summed E-state index contributed by atoms with van der Waals surface area (Å²) >= 11 is 9.62. The largest absolute Gasteiger partial charge is 0.489 e. The summed E-state index contributed by atoms with van der Waals surface area (Å²) in [7, 11) is 0. The van der Waals surface area contributed by atoms with Gasteiger partial charge in [0.05, 0.1) is 0 Å². The Morgan fingerprint density at radius 1 is 1.05 bits per heavy atom. The van der Waals surface area contributed by atoms with Crippen LogP contribution in [0.5, 0.6) is 5.75 Å². The highest BCUT2D eigenvalue weighted by Gasteiger charge is 2.13. The fourth-order valence-corrected chi connectivity index (χ4v) is 3.04. The number of rotatable bonds is 4. The summed E-state index contributed by atoms with van der Waals surface area (Å²) in [6.45, 7) is 7.19. The van der Waals surface area contributed by atoms with Crippen molar-refractivity contribution in [1.82, 2.24) is 0 Å². The van der Waals surface area contributed by atoms with Gasteiger partial charge in [-0.2, -0.15) is 0 Å². The first-order chi connectivity index (χ1) is 9.91. The average molecular weight is 368 g/mol. The van der Waals surface area contributed by atoms with Gasteiger partial charge >= 0.3 is 0 Å². The second-order valence-electron chi connectivity index (χ2n) is 6.09. The van der Waals surface area contributed by atoms with Crippen LogP contribution in [0.25, 0.3) is 0 Å². The summed E-state index contributed by atoms with van der Waals surface area (Å²) < 4.78 is 5.91. The van der Waals surface area contributed by atoms with Crippen LogP contribution in [0.1, 0.15) is 37.5 Å². The van der Waals surface area contributed by atoms with Crippen LogP contribution in [0.3, 0.4) is 0 Å². The Balaban J connectivity index is 2.09. The van der Waals surface area contributed by atoms with Crippen molar-refractivity contribution in [3.63, 3.8) is 0 Å². The molecule has 2 aromatic carbocycles. The molecule has 0 bridgehead atoms. The number of ether oxygens (including phenoxy) is 1. The van der Waals surface area contributed by atoms with Crippen molar-refractivity contribution >= 4 is 27.5 Å². The van der Waals surface area contributed by atoms with Crippen LogP contribution in [0.2, 0.25) is 5.02 Å². The molecule has 0 heterocycles. The smallest absolute Gasteiger partial charge is 0.125 e. The lowest BCUT2D eigenvalue weighted by Crippen LogP contribution is -2.10. The standard InChI is InChI=1S/C18H20BrClO/c1-18(2,3)14-9-7-13(8-10-14)12-21-17-6-4-5-16(20)15(17)11-19/h4-10H,11-12H2,1-3H3. The molecule has 0 atom stereocenters. The minimum Gasteiger partial charge on any atom is -0.489 e. The molecule has 0 amide bonds. The highest BCUT2D eigenvalue weighted by Crippen LogP contribution is 2.29. The van der Waals surface area contributed by atoms with E-state index in [-0.39, 0.29) is 5.41 Å². The number of alkyl halides is 1. The van der Waals surface area contributed by atoms with Gasteiger partial charge in [0.1, 0.15) is 12.4 Å². The van der Waals surface area contributed by atoms with Crippen molar-refractivity contribution in [2.24, 2.45) is 0 Å². The summed E-state index contributed by atoms with van der Waals surface area (Å²) in [5.41, 5.74) is 3.65. The van der Waals surface area contributed by atoms with Gasteiger partial charge < -0.3 is 4.74 Å². The first-order valence-electron chi connectivity index (χ1n) is 6.97. The molecule has 21 heavy (non-hydrogen) atoms. The zero-order valence-corrected chi connectivity index (χ0v) is 15.0. The maximum Gasteiger partial charge on any atom is 0.125 e. The van der Waals surface area contributed by atoms with E-state index in [9.17, 15) is 0 Å². The summed E-state index contributed by atoms with van der Waals surface area (Å²) in [6.07, 6.45) is 0. The zero-order chi connectivity index (χ0) is 15.5. The molecule has 0 spiro atoms. The third kappa shape index (κ3) is 4.24. The molecule has 0 aliphatic heterocycles. The number of hydrogen-bond donors (Lipinski definition) is 0. The van der Waals surface area contributed by atoms with E-state index in [1.165, 1.54) is 5.56 Å². The molecule has 0 unspecified atom stereocenters. The molecule has 0 aromatic heterocycles. The van der Waals surface area contributed by atoms with Crippen molar-refractivity contribution in [3.8, 4) is 5.75 Å². The minimum atomic E-state index is 0.176. The van der Waals surface area contributed by atoms with Gasteiger partial charge in [0.15, 0.2) is 0 Å². The lowest BCUT2D eigenvalue weighted by atomic mass is 9.87. The highest BCUT2D eigenvalue weighted by molar-refractivity contribution is 9.08. The quantitative estimate of drug-likeness (QED) is 0.592. The molecule has 0 saturated carbocycles. The van der Waals surface area contributed by atoms with Crippen LogP contribution in [0.4, 0.5) is 0 Å². The maximum absolute atomic E-state index is 6.17. The molecule has 3 heteroatoms. The third-order valence-corrected chi connectivity index (χ3v) is 4.34. The van der Waals surface area contributed by atoms with E-state index in [0.29, 0.717) is 11.9 Å². The topological polar surface area (TPSA) is 9.23 Å². The maximum atomic E-state index is 6.17. The lowest BCUT2D eigenvalue weighted by Gasteiger charge is -2.19. The second kappa shape index (κ2) is 6.85. The van der Waals surface area contributed by atoms with Gasteiger partial charge in [-0.15, -0.1) is 0 Å². The van der Waals surface area contributed by atoms with E-state index >= 15 is 0 Å². The molecular formula is C18H20BrClO. The summed E-state index contributed by atoms with van der Waals surface area (Å²) in [4.78, 5) is 0. The summed E-state index contributed by atoms with van der Waals surface area (Å²) in [5.74, 6) is 0.833. The van der Waals surface area contributed by atoms with Crippen molar-refractivity contribution in [2.45, 2.75) is 38.1 Å². The Labute approximate surface area is 140 Å². The molecule has 0 aliphatic rings. The predicted molar refractivity (Wildman–Crippen MR) is 93.6 cm³/mol. The summed E-state index contributed by atoms with van der Waals surface area (Å²) in [5, 5.41) is 1.41. The van der Waals surface area contributed by atoms with E-state index < -0.39 is 0 Å². The predicted octanol–water partition coefficient (Wildman–Crippen LogP) is 6.11. The van der Waals surface area contributed by atoms with Crippen LogP contribution >= 0.6 is 27.5 Å². The van der Waals surface area contributed by atoms with Crippen LogP contribution in [-0.2, 0) is 17.4 Å². The first-order valence-corrected chi connectivity index (χ1v) is 8.47. The Kier molecular flexibility index (Phi) is 5.34. The Bertz CT molecular complexity index is 600. The Morgan fingerprint density at radius 3 is 2.29 bits per heavy atom. The highest BCUT2D eigenvalue weighted by atomic mass is 79.9. The molecule has 2 rings (SSSR count). The van der Waals surface area contributed by atoms with Crippen molar-refractivity contribution < 1.29 is 4.74 Å². The Hall–Kier alpha value is -0.990. The number of hydrogen-bond acceptors (Lipinski definition) is 1. The molecule has 2 aromatic rings. The average Bonchev–Trinajstić information content (AvgIpc) is 2.44. The van der Waals surface area contributed by atoms with Crippen molar-refractivity contribution in [1.29, 1.82) is 0 Å². The fourth-order valence-electron chi connectivity index (χ4n) is 2.07. The molecule has 0 saturated heterocycles. The van der Waals surface area contributed by atoms with E-state index in [1.54, 1.807) is 0 Å². The van der Waals surface area contributed by atoms with Crippen molar-refractivity contribution in [3.05, 3.63) is 64.2 Å². The van der Waals surface area contributed by atoms with Crippen LogP contribution in [0.15, 0.2) is 42.5 Å². The van der Waals surface area contributed by atoms with Crippen LogP contribution in [0, 0.1) is 0 Å². The fraction of sp³-hybridized carbons (Fsp3) is 0.333. The second-order valence-corrected chi connectivity index (χ2v) is 7.05. The van der Waals surface area contributed by atoms with Gasteiger partial charge in [0.25, 0.3) is 0 Å². The normalized spacial score (nSPS) is 11.5. The zero-order valence-electron chi connectivity index (χ0n) is 12.6. The van der Waals surface area contributed by atoms with Crippen molar-refractivity contribution in [2.75, 3.05) is 0 Å². The van der Waals surface area contributed by atoms with Gasteiger partial charge in [-0.25, -0.2) is 0 Å². The Morgan fingerprint density at radius 2 is 1.71 bits per heavy atom. The molecule has 112 valence electrons. The van der Waals surface area contributed by atoms with Crippen LogP contribution in [-0.4, -0.2) is 0 Å². The molecule has 0 N–H and O–H groups in total. The summed E-state index contributed by atoms with van der Waals surface area (Å²) in [6, 6.07) is 14.3. The third-order valence-electron chi connectivity index (χ3n) is 3.42. The van der Waals surface area contributed by atoms with E-state index in [0.717, 1.165) is 21.9 Å². The first kappa shape index (κ1) is 16.4. The molecule has 0 aliphatic carbocycles. The van der Waals surface area contributed by atoms with Gasteiger partial charge in [0, 0.05) is 15.9 Å². The number of benzene rings is 2. The van der Waals surface area contributed by atoms with Gasteiger partial charge in [-0.05, 0) is 28.7 Å². The monoisotopic (exact) mass is 366 g/mol. The van der Waals surface area contributed by atoms with Gasteiger partial charge in [-0.1, -0.05) is 78.6 Å². The molecule has 0 radical (unpaired) electrons. The number of halogens is 2.